The largest absolute Gasteiger partial charge is 0.374 e. The number of piperidine rings is 3. The number of likely N-dealkylation sites (tertiary alicyclic amines) is 1. The number of urea groups is 1. The summed E-state index contributed by atoms with van der Waals surface area (Å²) >= 11 is 0. The number of likely N-dealkylation sites (N-methyl/N-ethyl adjacent to an activating group) is 1. The summed E-state index contributed by atoms with van der Waals surface area (Å²) in [6, 6.07) is 14.7. The normalized spacial score (nSPS) is 24.9. The van der Waals surface area contributed by atoms with Gasteiger partial charge >= 0.3 is 6.03 Å². The first-order chi connectivity index (χ1) is 28.2. The van der Waals surface area contributed by atoms with Crippen LogP contribution in [-0.4, -0.2) is 131 Å². The highest BCUT2D eigenvalue weighted by Gasteiger charge is 2.36. The van der Waals surface area contributed by atoms with Gasteiger partial charge in [0.25, 0.3) is 5.91 Å². The molecule has 9 rings (SSSR count). The summed E-state index contributed by atoms with van der Waals surface area (Å²) in [5.41, 5.74) is 10.4. The number of hydrogen-bond acceptors (Lipinski definition) is 12. The lowest BCUT2D eigenvalue weighted by atomic mass is 9.89. The number of nitrogens with two attached hydrogens (primary N) is 1. The van der Waals surface area contributed by atoms with E-state index in [-0.39, 0.29) is 23.7 Å². The number of carbonyl (C=O) groups excluding carboxylic acids is 3. The molecule has 5 aliphatic heterocycles. The Labute approximate surface area is 337 Å². The van der Waals surface area contributed by atoms with Gasteiger partial charge in [-0.15, -0.1) is 0 Å². The van der Waals surface area contributed by atoms with E-state index in [4.69, 9.17) is 15.2 Å². The summed E-state index contributed by atoms with van der Waals surface area (Å²) in [5, 5.41) is 20.9. The molecule has 4 aromatic rings. The number of nitrogens with one attached hydrogen (secondary N) is 2. The zero-order valence-electron chi connectivity index (χ0n) is 33.1. The second-order valence-electron chi connectivity index (χ2n) is 16.8. The molecule has 4 atom stereocenters. The third kappa shape index (κ3) is 7.74. The van der Waals surface area contributed by atoms with Gasteiger partial charge in [-0.2, -0.15) is 0 Å². The van der Waals surface area contributed by atoms with Crippen LogP contribution in [0.5, 0.6) is 0 Å². The van der Waals surface area contributed by atoms with Crippen LogP contribution in [0.4, 0.5) is 27.8 Å². The Morgan fingerprint density at radius 1 is 0.948 bits per heavy atom. The topological polar surface area (TPSA) is 190 Å². The number of amides is 4. The Hall–Kier alpha value is -5.48. The summed E-state index contributed by atoms with van der Waals surface area (Å²) in [5.74, 6) is 0.758. The minimum absolute atomic E-state index is 0.0712. The number of primary amides is 1. The van der Waals surface area contributed by atoms with Gasteiger partial charge in [-0.1, -0.05) is 17.3 Å². The lowest BCUT2D eigenvalue weighted by Gasteiger charge is -2.37. The van der Waals surface area contributed by atoms with Gasteiger partial charge in [0.2, 0.25) is 5.91 Å². The Morgan fingerprint density at radius 3 is 2.53 bits per heavy atom. The SMILES string of the molecule is CN1CCN([C@@H]2CCCN(c3cnc(C(N)=O)c(Nc4ccc(C5CCN(C[C@@H]6CCN(c7ccc8onc(C9CCC(O)NC9=O)c8c7)C6)CC5)cc4)n3)C2)C1=O. The van der Waals surface area contributed by atoms with Crippen molar-refractivity contribution >= 4 is 51.8 Å². The van der Waals surface area contributed by atoms with Crippen molar-refractivity contribution < 1.29 is 24.0 Å². The van der Waals surface area contributed by atoms with Crippen molar-refractivity contribution in [3.63, 3.8) is 0 Å². The van der Waals surface area contributed by atoms with Gasteiger partial charge in [-0.3, -0.25) is 9.59 Å². The Balaban J connectivity index is 0.780. The fraction of sp³-hybridized carbons (Fsp3) is 0.524. The number of hydrogen-bond donors (Lipinski definition) is 4. The molecule has 2 aromatic carbocycles. The summed E-state index contributed by atoms with van der Waals surface area (Å²) in [6.07, 6.45) is 7.04. The molecule has 306 valence electrons. The van der Waals surface area contributed by atoms with Crippen LogP contribution in [0.2, 0.25) is 0 Å². The quantitative estimate of drug-likeness (QED) is 0.182. The number of rotatable bonds is 10. The average molecular weight is 792 g/mol. The predicted octanol–water partition coefficient (Wildman–Crippen LogP) is 3.81. The van der Waals surface area contributed by atoms with Crippen molar-refractivity contribution in [1.29, 1.82) is 0 Å². The zero-order valence-corrected chi connectivity index (χ0v) is 33.1. The molecule has 0 aliphatic carbocycles. The molecule has 7 heterocycles. The maximum atomic E-state index is 12.7. The van der Waals surface area contributed by atoms with Crippen molar-refractivity contribution in [3.8, 4) is 0 Å². The second kappa shape index (κ2) is 16.0. The van der Waals surface area contributed by atoms with E-state index >= 15 is 0 Å². The Kier molecular flexibility index (Phi) is 10.5. The third-order valence-electron chi connectivity index (χ3n) is 13.0. The Bertz CT molecular complexity index is 2150. The molecule has 0 saturated carbocycles. The molecule has 16 heteroatoms. The van der Waals surface area contributed by atoms with Gasteiger partial charge in [-0.25, -0.2) is 14.8 Å². The number of nitrogens with zero attached hydrogens (tertiary/aromatic N) is 8. The van der Waals surface area contributed by atoms with E-state index in [1.54, 1.807) is 11.1 Å². The minimum atomic E-state index is -0.802. The lowest BCUT2D eigenvalue weighted by Crippen LogP contribution is -2.49. The molecule has 4 amide bonds. The molecule has 0 bridgehead atoms. The zero-order chi connectivity index (χ0) is 39.9. The van der Waals surface area contributed by atoms with Crippen molar-refractivity contribution in [2.75, 3.05) is 81.1 Å². The molecule has 2 unspecified atom stereocenters. The van der Waals surface area contributed by atoms with Crippen LogP contribution < -0.4 is 26.2 Å². The Morgan fingerprint density at radius 2 is 1.78 bits per heavy atom. The van der Waals surface area contributed by atoms with Crippen molar-refractivity contribution in [2.24, 2.45) is 11.7 Å². The monoisotopic (exact) mass is 791 g/mol. The highest BCUT2D eigenvalue weighted by Crippen LogP contribution is 2.36. The van der Waals surface area contributed by atoms with Gasteiger partial charge in [0.1, 0.15) is 17.7 Å². The van der Waals surface area contributed by atoms with Crippen LogP contribution in [0, 0.1) is 5.92 Å². The molecule has 58 heavy (non-hydrogen) atoms. The van der Waals surface area contributed by atoms with E-state index < -0.39 is 18.1 Å². The standard InChI is InChI=1S/C42H53N11O5/c1-49-19-20-53(42(49)57)31-3-2-15-52(25-31)35-22-44-38(39(43)55)40(46-35)45-29-6-4-27(5-7-29)28-13-16-50(17-14-28)23-26-12-18-51(24-26)30-8-10-34-33(21-30)37(48-58-34)32-9-11-36(54)47-41(32)56/h4-8,10,21-22,26,28,31-32,36,54H,2-3,9,11-20,23-25H2,1H3,(H2,43,55)(H,45,46)(H,47,56)/t26-,31+,32?,36?/m0/s1. The second-order valence-corrected chi connectivity index (χ2v) is 16.8. The number of carbonyl (C=O) groups is 3. The molecule has 5 N–H and O–H groups in total. The number of aliphatic hydroxyl groups excluding tert-OH is 1. The van der Waals surface area contributed by atoms with Crippen LogP contribution >= 0.6 is 0 Å². The fourth-order valence-electron chi connectivity index (χ4n) is 9.68. The van der Waals surface area contributed by atoms with Crippen molar-refractivity contribution in [1.82, 2.24) is 35.1 Å². The maximum Gasteiger partial charge on any atom is 0.320 e. The highest BCUT2D eigenvalue weighted by atomic mass is 16.5. The molecular formula is C42H53N11O5. The van der Waals surface area contributed by atoms with Crippen LogP contribution in [0.1, 0.15) is 78.5 Å². The summed E-state index contributed by atoms with van der Waals surface area (Å²) in [7, 11) is 1.84. The van der Waals surface area contributed by atoms with E-state index in [2.05, 4.69) is 59.7 Å². The van der Waals surface area contributed by atoms with Gasteiger partial charge in [0, 0.05) is 69.6 Å². The van der Waals surface area contributed by atoms with Crippen LogP contribution in [-0.2, 0) is 4.79 Å². The van der Waals surface area contributed by atoms with Crippen LogP contribution in [0.3, 0.4) is 0 Å². The minimum Gasteiger partial charge on any atom is -0.374 e. The third-order valence-corrected chi connectivity index (χ3v) is 13.0. The molecule has 0 spiro atoms. The van der Waals surface area contributed by atoms with Crippen molar-refractivity contribution in [3.05, 3.63) is 65.6 Å². The van der Waals surface area contributed by atoms with Gasteiger partial charge < -0.3 is 50.5 Å². The van der Waals surface area contributed by atoms with E-state index in [9.17, 15) is 19.5 Å². The summed E-state index contributed by atoms with van der Waals surface area (Å²) in [4.78, 5) is 57.8. The van der Waals surface area contributed by atoms with E-state index in [0.717, 1.165) is 101 Å². The summed E-state index contributed by atoms with van der Waals surface area (Å²) in [6.45, 7) is 8.08. The maximum absolute atomic E-state index is 12.7. The lowest BCUT2D eigenvalue weighted by molar-refractivity contribution is -0.128. The fourth-order valence-corrected chi connectivity index (χ4v) is 9.68. The van der Waals surface area contributed by atoms with Crippen LogP contribution in [0.15, 0.2) is 53.2 Å². The van der Waals surface area contributed by atoms with E-state index in [0.29, 0.717) is 54.1 Å². The van der Waals surface area contributed by atoms with Gasteiger partial charge in [-0.05, 0) is 106 Å². The molecule has 16 nitrogen and oxygen atoms in total. The van der Waals surface area contributed by atoms with Crippen molar-refractivity contribution in [2.45, 2.75) is 69.1 Å². The summed E-state index contributed by atoms with van der Waals surface area (Å²) < 4.78 is 5.59. The molecule has 5 saturated heterocycles. The average Bonchev–Trinajstić information content (AvgIpc) is 3.97. The molecule has 5 fully saturated rings. The number of aliphatic hydroxyl groups is 1. The van der Waals surface area contributed by atoms with E-state index in [1.807, 2.05) is 30.1 Å². The number of anilines is 4. The molecule has 5 aliphatic rings. The smallest absolute Gasteiger partial charge is 0.320 e. The first kappa shape index (κ1) is 38.1. The number of benzene rings is 2. The molecular weight excluding hydrogens is 739 g/mol. The van der Waals surface area contributed by atoms with Gasteiger partial charge in [0.05, 0.1) is 18.2 Å². The molecule has 2 aromatic heterocycles. The first-order valence-electron chi connectivity index (χ1n) is 20.8. The first-order valence-corrected chi connectivity index (χ1v) is 20.8. The molecule has 0 radical (unpaired) electrons. The van der Waals surface area contributed by atoms with Gasteiger partial charge in [0.15, 0.2) is 17.1 Å². The van der Waals surface area contributed by atoms with E-state index in [1.165, 1.54) is 5.56 Å². The predicted molar refractivity (Wildman–Crippen MR) is 219 cm³/mol. The van der Waals surface area contributed by atoms with Crippen LogP contribution in [0.25, 0.3) is 11.0 Å². The highest BCUT2D eigenvalue weighted by molar-refractivity contribution is 5.96. The number of aromatic nitrogens is 3. The number of fused-ring (bicyclic) bond motifs is 1.